The molecule has 1 atom stereocenters. The van der Waals surface area contributed by atoms with Crippen LogP contribution in [0.4, 0.5) is 0 Å². The monoisotopic (exact) mass is 451 g/mol. The number of hydrogen-bond acceptors (Lipinski definition) is 5. The Bertz CT molecular complexity index is 1270. The Morgan fingerprint density at radius 2 is 1.59 bits per heavy atom. The van der Waals surface area contributed by atoms with Crippen LogP contribution >= 0.6 is 0 Å². The molecule has 1 aliphatic carbocycles. The third-order valence-corrected chi connectivity index (χ3v) is 6.05. The van der Waals surface area contributed by atoms with Crippen LogP contribution in [-0.4, -0.2) is 23.0 Å². The number of nitrogens with one attached hydrogen (secondary N) is 1. The lowest BCUT2D eigenvalue weighted by Crippen LogP contribution is -2.30. The molecule has 4 aromatic rings. The van der Waals surface area contributed by atoms with Gasteiger partial charge in [0.1, 0.15) is 11.5 Å². The number of aromatic nitrogens is 2. The van der Waals surface area contributed by atoms with Crippen LogP contribution in [0.3, 0.4) is 0 Å². The number of fused-ring (bicyclic) bond motifs is 1. The van der Waals surface area contributed by atoms with Crippen molar-refractivity contribution in [2.24, 2.45) is 0 Å². The van der Waals surface area contributed by atoms with Crippen molar-refractivity contribution in [3.63, 3.8) is 0 Å². The van der Waals surface area contributed by atoms with E-state index in [1.54, 1.807) is 31.6 Å². The van der Waals surface area contributed by atoms with Crippen molar-refractivity contribution in [2.75, 3.05) is 7.11 Å². The predicted octanol–water partition coefficient (Wildman–Crippen LogP) is 5.75. The van der Waals surface area contributed by atoms with Gasteiger partial charge in [0.05, 0.1) is 13.2 Å². The summed E-state index contributed by atoms with van der Waals surface area (Å²) in [7, 11) is 1.62. The van der Waals surface area contributed by atoms with Gasteiger partial charge in [-0.2, -0.15) is 0 Å². The molecule has 1 heterocycles. The van der Waals surface area contributed by atoms with E-state index in [1.165, 1.54) is 11.1 Å². The summed E-state index contributed by atoms with van der Waals surface area (Å²) in [6.07, 6.45) is 6.53. The average Bonchev–Trinajstić information content (AvgIpc) is 2.90. The molecule has 34 heavy (non-hydrogen) atoms. The molecule has 0 fully saturated rings. The van der Waals surface area contributed by atoms with Crippen LogP contribution in [-0.2, 0) is 6.42 Å². The number of amides is 1. The summed E-state index contributed by atoms with van der Waals surface area (Å²) < 4.78 is 10.8. The van der Waals surface area contributed by atoms with E-state index in [9.17, 15) is 4.79 Å². The highest BCUT2D eigenvalue weighted by Gasteiger charge is 2.21. The molecule has 0 spiro atoms. The van der Waals surface area contributed by atoms with E-state index in [0.29, 0.717) is 11.3 Å². The first kappa shape index (κ1) is 21.6. The molecule has 1 amide bonds. The van der Waals surface area contributed by atoms with E-state index >= 15 is 0 Å². The van der Waals surface area contributed by atoms with Crippen molar-refractivity contribution in [3.8, 4) is 28.6 Å². The maximum absolute atomic E-state index is 12.9. The molecule has 0 bridgehead atoms. The van der Waals surface area contributed by atoms with Gasteiger partial charge in [-0.1, -0.05) is 36.4 Å². The Balaban J connectivity index is 1.23. The highest BCUT2D eigenvalue weighted by atomic mass is 16.5. The van der Waals surface area contributed by atoms with E-state index in [0.717, 1.165) is 36.1 Å². The standard InChI is InChI=1S/C28H25N3O3/c1-33-23-13-15-24(16-14-23)34-28-29-17-22(18-30-28)19-9-11-21(12-10-19)27(32)31-26-8-4-6-20-5-2-3-7-25(20)26/h2-3,5,7,9-18,26H,4,6,8H2,1H3,(H,31,32). The van der Waals surface area contributed by atoms with Crippen LogP contribution in [0.15, 0.2) is 85.2 Å². The molecule has 6 nitrogen and oxygen atoms in total. The van der Waals surface area contributed by atoms with Crippen molar-refractivity contribution in [1.82, 2.24) is 15.3 Å². The normalized spacial score (nSPS) is 14.7. The molecular weight excluding hydrogens is 426 g/mol. The number of aryl methyl sites for hydroxylation is 1. The summed E-state index contributed by atoms with van der Waals surface area (Å²) in [5, 5.41) is 3.20. The fraction of sp³-hybridized carbons (Fsp3) is 0.179. The molecule has 1 N–H and O–H groups in total. The smallest absolute Gasteiger partial charge is 0.321 e. The Morgan fingerprint density at radius 3 is 2.32 bits per heavy atom. The molecule has 3 aromatic carbocycles. The summed E-state index contributed by atoms with van der Waals surface area (Å²) in [6, 6.07) is 23.4. The van der Waals surface area contributed by atoms with Crippen LogP contribution in [0, 0.1) is 0 Å². The van der Waals surface area contributed by atoms with Crippen LogP contribution in [0.1, 0.15) is 40.4 Å². The molecule has 5 rings (SSSR count). The number of ether oxygens (including phenoxy) is 2. The van der Waals surface area contributed by atoms with Crippen LogP contribution in [0.5, 0.6) is 17.5 Å². The maximum atomic E-state index is 12.9. The lowest BCUT2D eigenvalue weighted by molar-refractivity contribution is 0.0933. The second-order valence-electron chi connectivity index (χ2n) is 8.23. The summed E-state index contributed by atoms with van der Waals surface area (Å²) >= 11 is 0. The van der Waals surface area contributed by atoms with Crippen molar-refractivity contribution in [2.45, 2.75) is 25.3 Å². The van der Waals surface area contributed by atoms with E-state index in [-0.39, 0.29) is 18.0 Å². The van der Waals surface area contributed by atoms with Crippen LogP contribution < -0.4 is 14.8 Å². The SMILES string of the molecule is COc1ccc(Oc2ncc(-c3ccc(C(=O)NC4CCCc5ccccc54)cc3)cn2)cc1. The zero-order valence-corrected chi connectivity index (χ0v) is 18.9. The zero-order valence-electron chi connectivity index (χ0n) is 18.9. The molecule has 0 aliphatic heterocycles. The molecule has 170 valence electrons. The maximum Gasteiger partial charge on any atom is 0.321 e. The number of benzene rings is 3. The minimum Gasteiger partial charge on any atom is -0.497 e. The van der Waals surface area contributed by atoms with Crippen LogP contribution in [0.2, 0.25) is 0 Å². The average molecular weight is 452 g/mol. The van der Waals surface area contributed by atoms with Gasteiger partial charge in [0.15, 0.2) is 0 Å². The Labute approximate surface area is 198 Å². The lowest BCUT2D eigenvalue weighted by Gasteiger charge is -2.26. The molecular formula is C28H25N3O3. The molecule has 6 heteroatoms. The third-order valence-electron chi connectivity index (χ3n) is 6.05. The second-order valence-corrected chi connectivity index (χ2v) is 8.23. The van der Waals surface area contributed by atoms with Gasteiger partial charge in [0, 0.05) is 23.5 Å². The molecule has 1 unspecified atom stereocenters. The minimum absolute atomic E-state index is 0.0590. The van der Waals surface area contributed by atoms with Gasteiger partial charge in [0.25, 0.3) is 5.91 Å². The fourth-order valence-electron chi connectivity index (χ4n) is 4.23. The highest BCUT2D eigenvalue weighted by Crippen LogP contribution is 2.30. The summed E-state index contributed by atoms with van der Waals surface area (Å²) in [4.78, 5) is 21.5. The Hall–Kier alpha value is -4.19. The molecule has 1 aromatic heterocycles. The topological polar surface area (TPSA) is 73.3 Å². The largest absolute Gasteiger partial charge is 0.497 e. The second kappa shape index (κ2) is 9.75. The first-order chi connectivity index (χ1) is 16.7. The first-order valence-corrected chi connectivity index (χ1v) is 11.3. The Kier molecular flexibility index (Phi) is 6.21. The van der Waals surface area contributed by atoms with Crippen molar-refractivity contribution in [1.29, 1.82) is 0 Å². The molecule has 1 aliphatic rings. The summed E-state index contributed by atoms with van der Waals surface area (Å²) in [6.45, 7) is 0. The van der Waals surface area contributed by atoms with Crippen LogP contribution in [0.25, 0.3) is 11.1 Å². The third kappa shape index (κ3) is 4.76. The highest BCUT2D eigenvalue weighted by molar-refractivity contribution is 5.95. The van der Waals surface area contributed by atoms with Gasteiger partial charge >= 0.3 is 6.01 Å². The zero-order chi connectivity index (χ0) is 23.3. The number of carbonyl (C=O) groups excluding carboxylic acids is 1. The quantitative estimate of drug-likeness (QED) is 0.404. The van der Waals surface area contributed by atoms with E-state index in [2.05, 4.69) is 33.5 Å². The first-order valence-electron chi connectivity index (χ1n) is 11.3. The van der Waals surface area contributed by atoms with Crippen molar-refractivity contribution in [3.05, 3.63) is 102 Å². The van der Waals surface area contributed by atoms with Gasteiger partial charge in [-0.05, 0) is 72.4 Å². The fourth-order valence-corrected chi connectivity index (χ4v) is 4.23. The molecule has 0 saturated carbocycles. The van der Waals surface area contributed by atoms with Gasteiger partial charge in [-0.15, -0.1) is 0 Å². The van der Waals surface area contributed by atoms with E-state index in [1.807, 2.05) is 42.5 Å². The van der Waals surface area contributed by atoms with Gasteiger partial charge in [-0.25, -0.2) is 9.97 Å². The van der Waals surface area contributed by atoms with Gasteiger partial charge < -0.3 is 14.8 Å². The summed E-state index contributed by atoms with van der Waals surface area (Å²) in [5.74, 6) is 1.32. The number of rotatable bonds is 6. The predicted molar refractivity (Wildman–Crippen MR) is 130 cm³/mol. The van der Waals surface area contributed by atoms with E-state index < -0.39 is 0 Å². The lowest BCUT2D eigenvalue weighted by atomic mass is 9.87. The molecule has 0 saturated heterocycles. The van der Waals surface area contributed by atoms with Crippen molar-refractivity contribution < 1.29 is 14.3 Å². The molecule has 0 radical (unpaired) electrons. The minimum atomic E-state index is -0.0623. The van der Waals surface area contributed by atoms with Crippen molar-refractivity contribution >= 4 is 5.91 Å². The van der Waals surface area contributed by atoms with E-state index in [4.69, 9.17) is 9.47 Å². The number of hydrogen-bond donors (Lipinski definition) is 1. The van der Waals surface area contributed by atoms with Gasteiger partial charge in [0.2, 0.25) is 0 Å². The van der Waals surface area contributed by atoms with Gasteiger partial charge in [-0.3, -0.25) is 4.79 Å². The number of nitrogens with zero attached hydrogens (tertiary/aromatic N) is 2. The number of methoxy groups -OCH3 is 1. The Morgan fingerprint density at radius 1 is 0.882 bits per heavy atom. The number of carbonyl (C=O) groups is 1. The summed E-state index contributed by atoms with van der Waals surface area (Å²) in [5.41, 5.74) is 4.96.